The van der Waals surface area contributed by atoms with E-state index in [1.165, 1.54) is 22.1 Å². The fourth-order valence-electron chi connectivity index (χ4n) is 3.07. The van der Waals surface area contributed by atoms with E-state index < -0.39 is 0 Å². The summed E-state index contributed by atoms with van der Waals surface area (Å²) in [4.78, 5) is 2.53. The van der Waals surface area contributed by atoms with E-state index in [0.717, 1.165) is 25.6 Å². The topological polar surface area (TPSA) is 15.3 Å². The zero-order valence-electron chi connectivity index (χ0n) is 12.5. The third-order valence-corrected chi connectivity index (χ3v) is 5.30. The minimum absolute atomic E-state index is 0.363. The Kier molecular flexibility index (Phi) is 4.57. The van der Waals surface area contributed by atoms with Crippen molar-refractivity contribution in [3.05, 3.63) is 28.2 Å². The van der Waals surface area contributed by atoms with Gasteiger partial charge in [0, 0.05) is 23.2 Å². The Bertz CT molecular complexity index is 442. The number of nitrogens with zero attached hydrogens (tertiary/aromatic N) is 1. The normalized spacial score (nSPS) is 22.6. The van der Waals surface area contributed by atoms with Crippen molar-refractivity contribution >= 4 is 21.6 Å². The molecule has 106 valence electrons. The summed E-state index contributed by atoms with van der Waals surface area (Å²) < 4.78 is 1.19. The van der Waals surface area contributed by atoms with Crippen molar-refractivity contribution in [2.24, 2.45) is 11.3 Å². The second-order valence-corrected chi connectivity index (χ2v) is 7.24. The van der Waals surface area contributed by atoms with Gasteiger partial charge in [0.1, 0.15) is 0 Å². The molecule has 2 nitrogen and oxygen atoms in total. The van der Waals surface area contributed by atoms with Crippen LogP contribution in [0.25, 0.3) is 0 Å². The summed E-state index contributed by atoms with van der Waals surface area (Å²) in [5, 5.41) is 3.34. The molecule has 1 unspecified atom stereocenters. The number of nitrogens with one attached hydrogen (secondary N) is 1. The molecular formula is C16H25BrN2. The van der Waals surface area contributed by atoms with Gasteiger partial charge in [0.2, 0.25) is 0 Å². The van der Waals surface area contributed by atoms with Gasteiger partial charge in [-0.25, -0.2) is 0 Å². The Balaban J connectivity index is 2.13. The number of benzene rings is 1. The number of piperidine rings is 1. The zero-order valence-corrected chi connectivity index (χ0v) is 14.0. The number of hydrogen-bond acceptors (Lipinski definition) is 2. The van der Waals surface area contributed by atoms with Crippen molar-refractivity contribution in [1.29, 1.82) is 0 Å². The Morgan fingerprint density at radius 3 is 2.74 bits per heavy atom. The molecule has 19 heavy (non-hydrogen) atoms. The second kappa shape index (κ2) is 5.84. The average Bonchev–Trinajstić information content (AvgIpc) is 2.35. The first-order valence-corrected chi connectivity index (χ1v) is 7.89. The van der Waals surface area contributed by atoms with Crippen LogP contribution in [0.5, 0.6) is 0 Å². The van der Waals surface area contributed by atoms with Gasteiger partial charge in [0.15, 0.2) is 0 Å². The van der Waals surface area contributed by atoms with Gasteiger partial charge in [-0.15, -0.1) is 0 Å². The van der Waals surface area contributed by atoms with Gasteiger partial charge in [0.05, 0.1) is 0 Å². The third kappa shape index (κ3) is 3.32. The molecule has 0 aromatic heterocycles. The molecule has 1 aliphatic rings. The second-order valence-electron chi connectivity index (χ2n) is 6.39. The van der Waals surface area contributed by atoms with Crippen molar-refractivity contribution in [3.63, 3.8) is 0 Å². The standard InChI is InChI=1S/C16H25BrN2/c1-12-9-14(5-6-15(12)17)19-8-7-13(10-18-4)16(2,3)11-19/h5-6,9,13,18H,7-8,10-11H2,1-4H3. The van der Waals surface area contributed by atoms with Crippen LogP contribution in [0, 0.1) is 18.3 Å². The molecule has 1 aromatic carbocycles. The Hall–Kier alpha value is -0.540. The van der Waals surface area contributed by atoms with Crippen molar-refractivity contribution in [2.75, 3.05) is 31.6 Å². The summed E-state index contributed by atoms with van der Waals surface area (Å²) in [7, 11) is 2.06. The first kappa shape index (κ1) is 14.9. The highest BCUT2D eigenvalue weighted by Crippen LogP contribution is 2.37. The molecule has 1 N–H and O–H groups in total. The molecule has 2 rings (SSSR count). The molecular weight excluding hydrogens is 300 g/mol. The maximum atomic E-state index is 3.58. The lowest BCUT2D eigenvalue weighted by molar-refractivity contribution is 0.174. The van der Waals surface area contributed by atoms with E-state index in [0.29, 0.717) is 5.41 Å². The Morgan fingerprint density at radius 2 is 2.16 bits per heavy atom. The quantitative estimate of drug-likeness (QED) is 0.909. The van der Waals surface area contributed by atoms with Gasteiger partial charge in [0.25, 0.3) is 0 Å². The summed E-state index contributed by atoms with van der Waals surface area (Å²) in [6.07, 6.45) is 1.27. The van der Waals surface area contributed by atoms with Crippen LogP contribution < -0.4 is 10.2 Å². The van der Waals surface area contributed by atoms with Crippen LogP contribution in [-0.4, -0.2) is 26.7 Å². The molecule has 1 aliphatic heterocycles. The molecule has 1 heterocycles. The predicted octanol–water partition coefficient (Wildman–Crippen LogP) is 3.83. The Labute approximate surface area is 125 Å². The van der Waals surface area contributed by atoms with Crippen LogP contribution in [-0.2, 0) is 0 Å². The van der Waals surface area contributed by atoms with Crippen molar-refractivity contribution < 1.29 is 0 Å². The van der Waals surface area contributed by atoms with E-state index in [1.807, 2.05) is 0 Å². The van der Waals surface area contributed by atoms with Gasteiger partial charge in [-0.1, -0.05) is 29.8 Å². The smallest absolute Gasteiger partial charge is 0.0369 e. The van der Waals surface area contributed by atoms with Gasteiger partial charge < -0.3 is 10.2 Å². The van der Waals surface area contributed by atoms with Gasteiger partial charge >= 0.3 is 0 Å². The Morgan fingerprint density at radius 1 is 1.42 bits per heavy atom. The fraction of sp³-hybridized carbons (Fsp3) is 0.625. The molecule has 0 radical (unpaired) electrons. The molecule has 1 atom stereocenters. The van der Waals surface area contributed by atoms with Crippen LogP contribution in [0.1, 0.15) is 25.8 Å². The maximum absolute atomic E-state index is 3.58. The first-order chi connectivity index (χ1) is 8.94. The summed E-state index contributed by atoms with van der Waals surface area (Å²) in [6, 6.07) is 6.68. The van der Waals surface area contributed by atoms with Crippen molar-refractivity contribution in [2.45, 2.75) is 27.2 Å². The van der Waals surface area contributed by atoms with Crippen LogP contribution in [0.15, 0.2) is 22.7 Å². The van der Waals surface area contributed by atoms with Gasteiger partial charge in [-0.05, 0) is 62.0 Å². The molecule has 1 saturated heterocycles. The molecule has 3 heteroatoms. The summed E-state index contributed by atoms with van der Waals surface area (Å²) in [6.45, 7) is 10.4. The van der Waals surface area contributed by atoms with E-state index >= 15 is 0 Å². The zero-order chi connectivity index (χ0) is 14.0. The largest absolute Gasteiger partial charge is 0.371 e. The monoisotopic (exact) mass is 324 g/mol. The molecule has 0 spiro atoms. The molecule has 0 aliphatic carbocycles. The van der Waals surface area contributed by atoms with Crippen LogP contribution in [0.4, 0.5) is 5.69 Å². The van der Waals surface area contributed by atoms with Crippen molar-refractivity contribution in [3.8, 4) is 0 Å². The fourth-order valence-corrected chi connectivity index (χ4v) is 3.32. The van der Waals surface area contributed by atoms with Crippen molar-refractivity contribution in [1.82, 2.24) is 5.32 Å². The van der Waals surface area contributed by atoms with E-state index in [2.05, 4.69) is 72.2 Å². The lowest BCUT2D eigenvalue weighted by Gasteiger charge is -2.45. The number of anilines is 1. The van der Waals surface area contributed by atoms with Crippen LogP contribution in [0.2, 0.25) is 0 Å². The molecule has 0 amide bonds. The average molecular weight is 325 g/mol. The molecule has 0 saturated carbocycles. The minimum Gasteiger partial charge on any atom is -0.371 e. The van der Waals surface area contributed by atoms with E-state index in [9.17, 15) is 0 Å². The highest BCUT2D eigenvalue weighted by molar-refractivity contribution is 9.10. The maximum Gasteiger partial charge on any atom is 0.0369 e. The van der Waals surface area contributed by atoms with Crippen LogP contribution >= 0.6 is 15.9 Å². The number of aryl methyl sites for hydroxylation is 1. The highest BCUT2D eigenvalue weighted by Gasteiger charge is 2.35. The third-order valence-electron chi connectivity index (χ3n) is 4.41. The predicted molar refractivity (Wildman–Crippen MR) is 86.9 cm³/mol. The van der Waals surface area contributed by atoms with E-state index in [-0.39, 0.29) is 0 Å². The highest BCUT2D eigenvalue weighted by atomic mass is 79.9. The SMILES string of the molecule is CNCC1CCN(c2ccc(Br)c(C)c2)CC1(C)C. The lowest BCUT2D eigenvalue weighted by Crippen LogP contribution is -2.48. The molecule has 1 aromatic rings. The molecule has 0 bridgehead atoms. The first-order valence-electron chi connectivity index (χ1n) is 7.10. The minimum atomic E-state index is 0.363. The van der Waals surface area contributed by atoms with Gasteiger partial charge in [-0.2, -0.15) is 0 Å². The van der Waals surface area contributed by atoms with Crippen LogP contribution in [0.3, 0.4) is 0 Å². The lowest BCUT2D eigenvalue weighted by atomic mass is 9.73. The summed E-state index contributed by atoms with van der Waals surface area (Å²) >= 11 is 3.58. The summed E-state index contributed by atoms with van der Waals surface area (Å²) in [5.41, 5.74) is 3.03. The number of hydrogen-bond donors (Lipinski definition) is 1. The van der Waals surface area contributed by atoms with E-state index in [4.69, 9.17) is 0 Å². The summed E-state index contributed by atoms with van der Waals surface area (Å²) in [5.74, 6) is 0.769. The number of rotatable bonds is 3. The molecule has 1 fully saturated rings. The van der Waals surface area contributed by atoms with E-state index in [1.54, 1.807) is 0 Å². The number of halogens is 1. The van der Waals surface area contributed by atoms with Gasteiger partial charge in [-0.3, -0.25) is 0 Å².